The number of hydrogen-bond acceptors (Lipinski definition) is 3. The molecule has 4 aliphatic carbocycles. The summed E-state index contributed by atoms with van der Waals surface area (Å²) in [5, 5.41) is 3.26. The molecule has 1 aromatic heterocycles. The number of carbonyl (C=O) groups excluding carboxylic acids is 2. The highest BCUT2D eigenvalue weighted by molar-refractivity contribution is 5.87. The van der Waals surface area contributed by atoms with E-state index in [0.717, 1.165) is 32.1 Å². The lowest BCUT2D eigenvalue weighted by atomic mass is 9.47. The van der Waals surface area contributed by atoms with Crippen LogP contribution in [0.3, 0.4) is 0 Å². The second kappa shape index (κ2) is 5.76. The number of pyridine rings is 1. The number of halogens is 1. The topological polar surface area (TPSA) is 85.1 Å². The lowest BCUT2D eigenvalue weighted by Gasteiger charge is -2.59. The second-order valence-corrected chi connectivity index (χ2v) is 9.11. The molecule has 1 heterocycles. The fraction of sp³-hybridized carbons (Fsp3) is 0.650. The second-order valence-electron chi connectivity index (χ2n) is 9.11. The molecule has 2 amide bonds. The van der Waals surface area contributed by atoms with Gasteiger partial charge in [-0.1, -0.05) is 6.07 Å². The van der Waals surface area contributed by atoms with Crippen molar-refractivity contribution < 1.29 is 14.0 Å². The van der Waals surface area contributed by atoms with Gasteiger partial charge in [0.15, 0.2) is 0 Å². The van der Waals surface area contributed by atoms with E-state index >= 15 is 0 Å². The molecule has 0 aromatic carbocycles. The molecule has 4 fully saturated rings. The standard InChI is InChI=1S/C20H26FN3O2/c1-19(2,14-3-4-15(21)23-10-14)18(26)24-16-12-5-11-6-13(16)9-20(7-11,8-12)17(22)25/h3-4,10-13,16H,5-9H2,1-2H3,(H2,22,25)(H,24,26). The normalized spacial score (nSPS) is 35.3. The van der Waals surface area contributed by atoms with Crippen LogP contribution in [0.15, 0.2) is 18.3 Å². The third-order valence-corrected chi connectivity index (χ3v) is 7.11. The van der Waals surface area contributed by atoms with Gasteiger partial charge in [-0.15, -0.1) is 0 Å². The van der Waals surface area contributed by atoms with Gasteiger partial charge in [0.1, 0.15) is 0 Å². The van der Waals surface area contributed by atoms with Crippen LogP contribution in [0.4, 0.5) is 4.39 Å². The SMILES string of the molecule is CC(C)(C(=O)NC1C2CC3CC1CC(C(N)=O)(C3)C2)c1ccc(F)nc1. The molecule has 0 spiro atoms. The molecule has 26 heavy (non-hydrogen) atoms. The van der Waals surface area contributed by atoms with Crippen LogP contribution in [0.5, 0.6) is 0 Å². The van der Waals surface area contributed by atoms with E-state index in [2.05, 4.69) is 10.3 Å². The molecule has 5 nitrogen and oxygen atoms in total. The van der Waals surface area contributed by atoms with Gasteiger partial charge in [-0.3, -0.25) is 9.59 Å². The fourth-order valence-corrected chi connectivity index (χ4v) is 5.77. The maximum absolute atomic E-state index is 13.1. The number of amides is 2. The van der Waals surface area contributed by atoms with Crippen LogP contribution >= 0.6 is 0 Å². The zero-order valence-corrected chi connectivity index (χ0v) is 15.3. The Morgan fingerprint density at radius 3 is 2.42 bits per heavy atom. The third kappa shape index (κ3) is 2.61. The molecule has 0 saturated heterocycles. The molecule has 140 valence electrons. The van der Waals surface area contributed by atoms with E-state index < -0.39 is 11.4 Å². The average molecular weight is 359 g/mol. The van der Waals surface area contributed by atoms with E-state index in [1.165, 1.54) is 12.3 Å². The predicted molar refractivity (Wildman–Crippen MR) is 94.3 cm³/mol. The van der Waals surface area contributed by atoms with Crippen LogP contribution in [0.2, 0.25) is 0 Å². The smallest absolute Gasteiger partial charge is 0.230 e. The molecule has 4 saturated carbocycles. The number of nitrogens with zero attached hydrogens (tertiary/aromatic N) is 1. The molecule has 0 aliphatic heterocycles. The molecule has 2 atom stereocenters. The number of carbonyl (C=O) groups is 2. The molecule has 3 N–H and O–H groups in total. The van der Waals surface area contributed by atoms with Gasteiger partial charge in [0.05, 0.1) is 5.41 Å². The molecule has 4 bridgehead atoms. The van der Waals surface area contributed by atoms with Crippen molar-refractivity contribution >= 4 is 11.8 Å². The van der Waals surface area contributed by atoms with Gasteiger partial charge in [-0.05, 0) is 75.3 Å². The van der Waals surface area contributed by atoms with Crippen molar-refractivity contribution in [2.24, 2.45) is 28.9 Å². The van der Waals surface area contributed by atoms with Crippen LogP contribution in [0.1, 0.15) is 51.5 Å². The highest BCUT2D eigenvalue weighted by Gasteiger charge is 2.58. The minimum absolute atomic E-state index is 0.0727. The van der Waals surface area contributed by atoms with E-state index in [1.54, 1.807) is 6.07 Å². The summed E-state index contributed by atoms with van der Waals surface area (Å²) in [5.41, 5.74) is 5.27. The summed E-state index contributed by atoms with van der Waals surface area (Å²) in [6.07, 6.45) is 6.05. The molecular weight excluding hydrogens is 333 g/mol. The molecular formula is C20H26FN3O2. The van der Waals surface area contributed by atoms with Gasteiger partial charge in [-0.2, -0.15) is 4.39 Å². The minimum Gasteiger partial charge on any atom is -0.369 e. The average Bonchev–Trinajstić information content (AvgIpc) is 2.57. The highest BCUT2D eigenvalue weighted by atomic mass is 19.1. The fourth-order valence-electron chi connectivity index (χ4n) is 5.77. The van der Waals surface area contributed by atoms with Crippen molar-refractivity contribution in [3.63, 3.8) is 0 Å². The van der Waals surface area contributed by atoms with Gasteiger partial charge in [0, 0.05) is 17.7 Å². The monoisotopic (exact) mass is 359 g/mol. The number of rotatable bonds is 4. The third-order valence-electron chi connectivity index (χ3n) is 7.11. The van der Waals surface area contributed by atoms with Gasteiger partial charge in [0.25, 0.3) is 0 Å². The predicted octanol–water partition coefficient (Wildman–Crippen LogP) is 2.29. The van der Waals surface area contributed by atoms with Crippen molar-refractivity contribution in [3.05, 3.63) is 29.8 Å². The Labute approximate surface area is 152 Å². The van der Waals surface area contributed by atoms with Crippen LogP contribution in [0.25, 0.3) is 0 Å². The summed E-state index contributed by atoms with van der Waals surface area (Å²) in [5.74, 6) is 0.404. The molecule has 0 radical (unpaired) electrons. The quantitative estimate of drug-likeness (QED) is 0.809. The Bertz CT molecular complexity index is 730. The lowest BCUT2D eigenvalue weighted by molar-refractivity contribution is -0.148. The summed E-state index contributed by atoms with van der Waals surface area (Å²) in [6.45, 7) is 3.66. The maximum Gasteiger partial charge on any atom is 0.230 e. The number of aromatic nitrogens is 1. The Hall–Kier alpha value is -1.98. The van der Waals surface area contributed by atoms with Gasteiger partial charge >= 0.3 is 0 Å². The molecule has 5 rings (SSSR count). The first-order valence-electron chi connectivity index (χ1n) is 9.44. The van der Waals surface area contributed by atoms with E-state index in [1.807, 2.05) is 13.8 Å². The van der Waals surface area contributed by atoms with Crippen molar-refractivity contribution in [2.45, 2.75) is 57.4 Å². The maximum atomic E-state index is 13.1. The van der Waals surface area contributed by atoms with E-state index in [9.17, 15) is 14.0 Å². The summed E-state index contributed by atoms with van der Waals surface area (Å²) < 4.78 is 13.1. The van der Waals surface area contributed by atoms with E-state index in [0.29, 0.717) is 23.3 Å². The Kier molecular flexibility index (Phi) is 3.86. The van der Waals surface area contributed by atoms with Crippen molar-refractivity contribution in [2.75, 3.05) is 0 Å². The Balaban J connectivity index is 1.52. The first-order chi connectivity index (χ1) is 12.2. The Morgan fingerprint density at radius 1 is 1.23 bits per heavy atom. The van der Waals surface area contributed by atoms with Crippen molar-refractivity contribution in [1.82, 2.24) is 10.3 Å². The minimum atomic E-state index is -0.795. The first kappa shape index (κ1) is 17.4. The Morgan fingerprint density at radius 2 is 1.88 bits per heavy atom. The van der Waals surface area contributed by atoms with Gasteiger partial charge in [-0.25, -0.2) is 4.98 Å². The zero-order chi connectivity index (χ0) is 18.7. The van der Waals surface area contributed by atoms with E-state index in [4.69, 9.17) is 5.73 Å². The van der Waals surface area contributed by atoms with Gasteiger partial charge in [0.2, 0.25) is 17.8 Å². The largest absolute Gasteiger partial charge is 0.369 e. The van der Waals surface area contributed by atoms with Crippen LogP contribution in [-0.2, 0) is 15.0 Å². The molecule has 6 heteroatoms. The molecule has 2 unspecified atom stereocenters. The molecule has 1 aromatic rings. The summed E-state index contributed by atoms with van der Waals surface area (Å²) in [6, 6.07) is 2.99. The lowest BCUT2D eigenvalue weighted by Crippen LogP contribution is -2.63. The zero-order valence-electron chi connectivity index (χ0n) is 15.3. The van der Waals surface area contributed by atoms with Crippen molar-refractivity contribution in [1.29, 1.82) is 0 Å². The van der Waals surface area contributed by atoms with Gasteiger partial charge < -0.3 is 11.1 Å². The van der Waals surface area contributed by atoms with Crippen LogP contribution in [-0.4, -0.2) is 22.8 Å². The first-order valence-corrected chi connectivity index (χ1v) is 9.44. The number of nitrogens with one attached hydrogen (secondary N) is 1. The summed E-state index contributed by atoms with van der Waals surface area (Å²) in [7, 11) is 0. The number of primary amides is 1. The number of nitrogens with two attached hydrogens (primary N) is 1. The van der Waals surface area contributed by atoms with Crippen LogP contribution < -0.4 is 11.1 Å². The van der Waals surface area contributed by atoms with Crippen LogP contribution in [0, 0.1) is 29.1 Å². The summed E-state index contributed by atoms with van der Waals surface area (Å²) in [4.78, 5) is 28.8. The van der Waals surface area contributed by atoms with E-state index in [-0.39, 0.29) is 23.3 Å². The summed E-state index contributed by atoms with van der Waals surface area (Å²) >= 11 is 0. The highest BCUT2D eigenvalue weighted by Crippen LogP contribution is 2.60. The molecule has 4 aliphatic rings. The number of hydrogen-bond donors (Lipinski definition) is 2. The van der Waals surface area contributed by atoms with Crippen molar-refractivity contribution in [3.8, 4) is 0 Å².